The van der Waals surface area contributed by atoms with Gasteiger partial charge in [-0.2, -0.15) is 0 Å². The van der Waals surface area contributed by atoms with Crippen LogP contribution in [-0.4, -0.2) is 20.5 Å². The van der Waals surface area contributed by atoms with Crippen molar-refractivity contribution in [1.29, 1.82) is 0 Å². The van der Waals surface area contributed by atoms with Gasteiger partial charge in [-0.15, -0.1) is 0 Å². The topological polar surface area (TPSA) is 72.2 Å². The Morgan fingerprint density at radius 3 is 2.58 bits per heavy atom. The third-order valence-corrected chi connectivity index (χ3v) is 6.25. The van der Waals surface area contributed by atoms with Crippen LogP contribution < -0.4 is 10.5 Å². The number of hydrogen-bond donors (Lipinski definition) is 2. The van der Waals surface area contributed by atoms with Crippen LogP contribution in [0.2, 0.25) is 0 Å². The van der Waals surface area contributed by atoms with Crippen molar-refractivity contribution >= 4 is 26.0 Å². The average Bonchev–Trinajstić information content (AvgIpc) is 2.80. The highest BCUT2D eigenvalue weighted by molar-refractivity contribution is 9.10. The Labute approximate surface area is 122 Å². The van der Waals surface area contributed by atoms with Gasteiger partial charge < -0.3 is 5.73 Å². The van der Waals surface area contributed by atoms with Crippen molar-refractivity contribution in [2.45, 2.75) is 43.0 Å². The molecule has 4 nitrogen and oxygen atoms in total. The summed E-state index contributed by atoms with van der Waals surface area (Å²) < 4.78 is 28.5. The molecule has 0 aromatic heterocycles. The van der Waals surface area contributed by atoms with Gasteiger partial charge >= 0.3 is 0 Å². The van der Waals surface area contributed by atoms with Crippen LogP contribution in [-0.2, 0) is 10.0 Å². The maximum atomic E-state index is 12.5. The molecular formula is C13H19BrN2O2S. The van der Waals surface area contributed by atoms with Crippen molar-refractivity contribution in [2.75, 3.05) is 6.54 Å². The Hall–Kier alpha value is -0.430. The number of hydrogen-bond acceptors (Lipinski definition) is 3. The van der Waals surface area contributed by atoms with Crippen LogP contribution in [0.3, 0.4) is 0 Å². The fourth-order valence-electron chi connectivity index (χ4n) is 2.56. The maximum absolute atomic E-state index is 12.5. The summed E-state index contributed by atoms with van der Waals surface area (Å²) in [5.41, 5.74) is 6.23. The second-order valence-corrected chi connectivity index (χ2v) is 7.74. The predicted octanol–water partition coefficient (Wildman–Crippen LogP) is 2.31. The predicted molar refractivity (Wildman–Crippen MR) is 79.5 cm³/mol. The molecule has 0 radical (unpaired) electrons. The largest absolute Gasteiger partial charge is 0.329 e. The minimum absolute atomic E-state index is 0.284. The van der Waals surface area contributed by atoms with Crippen LogP contribution >= 0.6 is 15.9 Å². The number of halogens is 1. The molecule has 0 bridgehead atoms. The fourth-order valence-corrected chi connectivity index (χ4v) is 5.08. The summed E-state index contributed by atoms with van der Waals surface area (Å²) in [4.78, 5) is 0.284. The van der Waals surface area contributed by atoms with Crippen LogP contribution in [0.25, 0.3) is 0 Å². The van der Waals surface area contributed by atoms with E-state index in [4.69, 9.17) is 5.73 Å². The standard InChI is InChI=1S/C13H19BrN2O2S/c1-10-4-5-11(14)12(8-10)19(17,18)16-13(9-15)6-2-3-7-13/h4-5,8,16H,2-3,6-7,9,15H2,1H3. The van der Waals surface area contributed by atoms with Crippen LogP contribution in [0.4, 0.5) is 0 Å². The molecule has 3 N–H and O–H groups in total. The molecule has 1 fully saturated rings. The van der Waals surface area contributed by atoms with Crippen molar-refractivity contribution in [2.24, 2.45) is 5.73 Å². The van der Waals surface area contributed by atoms with Gasteiger partial charge in [0, 0.05) is 16.6 Å². The Morgan fingerprint density at radius 2 is 2.00 bits per heavy atom. The molecule has 19 heavy (non-hydrogen) atoms. The van der Waals surface area contributed by atoms with Gasteiger partial charge in [0.25, 0.3) is 0 Å². The Kier molecular flexibility index (Phi) is 4.35. The first-order valence-corrected chi connectivity index (χ1v) is 8.66. The number of benzene rings is 1. The lowest BCUT2D eigenvalue weighted by Gasteiger charge is -2.28. The molecule has 0 saturated heterocycles. The molecule has 106 valence electrons. The number of sulfonamides is 1. The summed E-state index contributed by atoms with van der Waals surface area (Å²) in [6.07, 6.45) is 3.67. The van der Waals surface area contributed by atoms with Crippen LogP contribution in [0.5, 0.6) is 0 Å². The summed E-state index contributed by atoms with van der Waals surface area (Å²) in [6.45, 7) is 2.22. The van der Waals surface area contributed by atoms with E-state index in [-0.39, 0.29) is 4.90 Å². The molecule has 1 aliphatic carbocycles. The summed E-state index contributed by atoms with van der Waals surface area (Å²) in [5, 5.41) is 0. The number of nitrogens with two attached hydrogens (primary N) is 1. The lowest BCUT2D eigenvalue weighted by Crippen LogP contribution is -2.51. The molecule has 0 unspecified atom stereocenters. The number of aryl methyl sites for hydroxylation is 1. The Balaban J connectivity index is 2.34. The molecular weight excluding hydrogens is 328 g/mol. The third-order valence-electron chi connectivity index (χ3n) is 3.68. The van der Waals surface area contributed by atoms with Gasteiger partial charge in [-0.05, 0) is 53.4 Å². The van der Waals surface area contributed by atoms with Crippen molar-refractivity contribution < 1.29 is 8.42 Å². The van der Waals surface area contributed by atoms with Gasteiger partial charge in [-0.1, -0.05) is 18.9 Å². The summed E-state index contributed by atoms with van der Waals surface area (Å²) in [7, 11) is -3.54. The monoisotopic (exact) mass is 346 g/mol. The highest BCUT2D eigenvalue weighted by atomic mass is 79.9. The van der Waals surface area contributed by atoms with E-state index in [1.165, 1.54) is 0 Å². The van der Waals surface area contributed by atoms with Gasteiger partial charge in [-0.25, -0.2) is 13.1 Å². The second kappa shape index (κ2) is 5.52. The summed E-state index contributed by atoms with van der Waals surface area (Å²) >= 11 is 3.30. The number of nitrogens with one attached hydrogen (secondary N) is 1. The molecule has 6 heteroatoms. The zero-order chi connectivity index (χ0) is 14.1. The van der Waals surface area contributed by atoms with E-state index >= 15 is 0 Å². The SMILES string of the molecule is Cc1ccc(Br)c(S(=O)(=O)NC2(CN)CCCC2)c1. The van der Waals surface area contributed by atoms with Crippen molar-refractivity contribution in [1.82, 2.24) is 4.72 Å². The Morgan fingerprint density at radius 1 is 1.37 bits per heavy atom. The highest BCUT2D eigenvalue weighted by Gasteiger charge is 2.37. The van der Waals surface area contributed by atoms with E-state index < -0.39 is 15.6 Å². The van der Waals surface area contributed by atoms with Crippen molar-refractivity contribution in [3.05, 3.63) is 28.2 Å². The summed E-state index contributed by atoms with van der Waals surface area (Å²) in [6, 6.07) is 5.30. The minimum atomic E-state index is -3.54. The Bertz CT molecular complexity index is 566. The zero-order valence-corrected chi connectivity index (χ0v) is 13.4. The zero-order valence-electron chi connectivity index (χ0n) is 10.9. The molecule has 1 aliphatic rings. The van der Waals surface area contributed by atoms with E-state index in [0.717, 1.165) is 31.2 Å². The van der Waals surface area contributed by atoms with Crippen molar-refractivity contribution in [3.8, 4) is 0 Å². The first-order chi connectivity index (χ1) is 8.88. The van der Waals surface area contributed by atoms with Gasteiger partial charge in [0.1, 0.15) is 0 Å². The third kappa shape index (κ3) is 3.18. The molecule has 1 aromatic carbocycles. The molecule has 0 amide bonds. The molecule has 1 saturated carbocycles. The normalized spacial score (nSPS) is 18.7. The van der Waals surface area contributed by atoms with Gasteiger partial charge in [0.2, 0.25) is 10.0 Å². The van der Waals surface area contributed by atoms with Gasteiger partial charge in [-0.3, -0.25) is 0 Å². The van der Waals surface area contributed by atoms with E-state index in [9.17, 15) is 8.42 Å². The molecule has 0 atom stereocenters. The van der Waals surface area contributed by atoms with Crippen molar-refractivity contribution in [3.63, 3.8) is 0 Å². The van der Waals surface area contributed by atoms with Gasteiger partial charge in [0.05, 0.1) is 4.90 Å². The van der Waals surface area contributed by atoms with Crippen LogP contribution in [0.1, 0.15) is 31.2 Å². The first kappa shape index (κ1) is 15.0. The lowest BCUT2D eigenvalue weighted by molar-refractivity contribution is 0.399. The van der Waals surface area contributed by atoms with Gasteiger partial charge in [0.15, 0.2) is 0 Å². The van der Waals surface area contributed by atoms with Crippen LogP contribution in [0.15, 0.2) is 27.6 Å². The molecule has 0 heterocycles. The maximum Gasteiger partial charge on any atom is 0.242 e. The minimum Gasteiger partial charge on any atom is -0.329 e. The van der Waals surface area contributed by atoms with E-state index in [1.807, 2.05) is 13.0 Å². The first-order valence-electron chi connectivity index (χ1n) is 6.39. The molecule has 0 aliphatic heterocycles. The second-order valence-electron chi connectivity index (χ2n) is 5.23. The van der Waals surface area contributed by atoms with E-state index in [1.54, 1.807) is 12.1 Å². The summed E-state index contributed by atoms with van der Waals surface area (Å²) in [5.74, 6) is 0. The molecule has 2 rings (SSSR count). The lowest BCUT2D eigenvalue weighted by atomic mass is 10.0. The smallest absolute Gasteiger partial charge is 0.242 e. The highest BCUT2D eigenvalue weighted by Crippen LogP contribution is 2.32. The average molecular weight is 347 g/mol. The number of rotatable bonds is 4. The molecule has 0 spiro atoms. The molecule has 1 aromatic rings. The van der Waals surface area contributed by atoms with E-state index in [0.29, 0.717) is 11.0 Å². The van der Waals surface area contributed by atoms with Crippen LogP contribution in [0, 0.1) is 6.92 Å². The van der Waals surface area contributed by atoms with E-state index in [2.05, 4.69) is 20.7 Å². The fraction of sp³-hybridized carbons (Fsp3) is 0.538. The quantitative estimate of drug-likeness (QED) is 0.878.